The summed E-state index contributed by atoms with van der Waals surface area (Å²) in [6, 6.07) is 1.83. The van der Waals surface area contributed by atoms with Crippen LogP contribution < -0.4 is 5.32 Å². The number of carbonyl (C=O) groups is 1. The van der Waals surface area contributed by atoms with E-state index in [1.165, 1.54) is 0 Å². The normalized spacial score (nSPS) is 13.3. The monoisotopic (exact) mass is 295 g/mol. The van der Waals surface area contributed by atoms with Gasteiger partial charge >= 0.3 is 0 Å². The Labute approximate surface area is 125 Å². The molecule has 1 amide bonds. The molecule has 6 nitrogen and oxygen atoms in total. The van der Waals surface area contributed by atoms with E-state index in [9.17, 15) is 4.79 Å². The first-order chi connectivity index (χ1) is 9.73. The van der Waals surface area contributed by atoms with Crippen molar-refractivity contribution in [2.75, 3.05) is 19.0 Å². The summed E-state index contributed by atoms with van der Waals surface area (Å²) in [6.45, 7) is 11.3. The van der Waals surface area contributed by atoms with Crippen LogP contribution >= 0.6 is 0 Å². The van der Waals surface area contributed by atoms with Gasteiger partial charge in [-0.2, -0.15) is 0 Å². The molecule has 6 heteroatoms. The molecule has 0 aliphatic rings. The van der Waals surface area contributed by atoms with Crippen LogP contribution in [0.15, 0.2) is 17.2 Å². The van der Waals surface area contributed by atoms with Crippen molar-refractivity contribution in [3.63, 3.8) is 0 Å². The van der Waals surface area contributed by atoms with Gasteiger partial charge in [0.25, 0.3) is 0 Å². The van der Waals surface area contributed by atoms with E-state index in [1.807, 2.05) is 25.8 Å². The highest BCUT2D eigenvalue weighted by atomic mass is 16.5. The molecule has 1 aromatic heterocycles. The predicted molar refractivity (Wildman–Crippen MR) is 82.8 cm³/mol. The highest BCUT2D eigenvalue weighted by molar-refractivity contribution is 5.96. The van der Waals surface area contributed by atoms with E-state index >= 15 is 0 Å². The molecule has 0 unspecified atom stereocenters. The minimum Gasteiger partial charge on any atom is -0.392 e. The molecular formula is C15H25N3O3. The number of hydrogen-bond donors (Lipinski definition) is 2. The smallest absolute Gasteiger partial charge is 0.246 e. The summed E-state index contributed by atoms with van der Waals surface area (Å²) in [5.74, 6) is 0.0674. The van der Waals surface area contributed by atoms with E-state index in [4.69, 9.17) is 9.63 Å². The molecule has 1 atom stereocenters. The van der Waals surface area contributed by atoms with Crippen LogP contribution in [0.2, 0.25) is 0 Å². The summed E-state index contributed by atoms with van der Waals surface area (Å²) in [4.78, 5) is 14.5. The Morgan fingerprint density at radius 1 is 1.62 bits per heavy atom. The van der Waals surface area contributed by atoms with E-state index in [-0.39, 0.29) is 24.4 Å². The van der Waals surface area contributed by atoms with Gasteiger partial charge in [0, 0.05) is 12.1 Å². The number of aliphatic hydroxyl groups is 1. The van der Waals surface area contributed by atoms with E-state index < -0.39 is 5.54 Å². The molecule has 1 rings (SSSR count). The fraction of sp³-hybridized carbons (Fsp3) is 0.600. The van der Waals surface area contributed by atoms with E-state index in [0.717, 1.165) is 6.42 Å². The third-order valence-corrected chi connectivity index (χ3v) is 3.99. The molecule has 0 spiro atoms. The standard InChI is InChI=1S/C15H25N3O3/c1-7-11(3)18(6)15(4,5)14(20)16-13-8-12(17-21-13)10(2)9-19/h8,11,19H,2,7,9H2,1,3-6H3,(H,16,20)/t11-/m0/s1. The quantitative estimate of drug-likeness (QED) is 0.805. The number of carbonyl (C=O) groups excluding carboxylic acids is 1. The van der Waals surface area contributed by atoms with Crippen LogP contribution in [0, 0.1) is 0 Å². The Morgan fingerprint density at radius 3 is 2.76 bits per heavy atom. The Bertz CT molecular complexity index is 508. The SMILES string of the molecule is C=C(CO)c1cc(NC(=O)C(C)(C)N(C)[C@@H](C)CC)on1. The fourth-order valence-corrected chi connectivity index (χ4v) is 1.83. The number of aromatic nitrogens is 1. The number of anilines is 1. The summed E-state index contributed by atoms with van der Waals surface area (Å²) in [7, 11) is 1.92. The van der Waals surface area contributed by atoms with Crippen LogP contribution in [0.5, 0.6) is 0 Å². The number of hydrogen-bond acceptors (Lipinski definition) is 5. The van der Waals surface area contributed by atoms with Gasteiger partial charge in [-0.15, -0.1) is 0 Å². The third kappa shape index (κ3) is 3.92. The van der Waals surface area contributed by atoms with E-state index in [2.05, 4.69) is 30.9 Å². The maximum absolute atomic E-state index is 12.4. The van der Waals surface area contributed by atoms with E-state index in [0.29, 0.717) is 11.3 Å². The minimum absolute atomic E-state index is 0.178. The fourth-order valence-electron chi connectivity index (χ4n) is 1.83. The first-order valence-corrected chi connectivity index (χ1v) is 7.04. The molecule has 0 bridgehead atoms. The lowest BCUT2D eigenvalue weighted by atomic mass is 9.99. The zero-order valence-electron chi connectivity index (χ0n) is 13.4. The second-order valence-corrected chi connectivity index (χ2v) is 5.72. The average Bonchev–Trinajstić information content (AvgIpc) is 2.92. The van der Waals surface area contributed by atoms with Crippen LogP contribution in [0.3, 0.4) is 0 Å². The lowest BCUT2D eigenvalue weighted by Gasteiger charge is -2.37. The highest BCUT2D eigenvalue weighted by Gasteiger charge is 2.35. The molecule has 0 saturated heterocycles. The van der Waals surface area contributed by atoms with Crippen LogP contribution in [0.4, 0.5) is 5.88 Å². The van der Waals surface area contributed by atoms with Crippen molar-refractivity contribution in [1.29, 1.82) is 0 Å². The van der Waals surface area contributed by atoms with Crippen molar-refractivity contribution in [3.8, 4) is 0 Å². The molecular weight excluding hydrogens is 270 g/mol. The van der Waals surface area contributed by atoms with Crippen LogP contribution in [0.1, 0.15) is 39.8 Å². The molecule has 118 valence electrons. The first-order valence-electron chi connectivity index (χ1n) is 7.04. The summed E-state index contributed by atoms with van der Waals surface area (Å²) < 4.78 is 5.05. The molecule has 1 heterocycles. The van der Waals surface area contributed by atoms with Gasteiger partial charge in [0.1, 0.15) is 5.69 Å². The Hall–Kier alpha value is -1.66. The molecule has 0 aliphatic carbocycles. The molecule has 0 saturated carbocycles. The zero-order chi connectivity index (χ0) is 16.2. The second kappa shape index (κ2) is 6.87. The summed E-state index contributed by atoms with van der Waals surface area (Å²) >= 11 is 0. The highest BCUT2D eigenvalue weighted by Crippen LogP contribution is 2.21. The summed E-state index contributed by atoms with van der Waals surface area (Å²) in [5, 5.41) is 15.5. The van der Waals surface area contributed by atoms with Gasteiger partial charge in [-0.25, -0.2) is 0 Å². The molecule has 0 radical (unpaired) electrons. The van der Waals surface area contributed by atoms with Gasteiger partial charge in [0.15, 0.2) is 0 Å². The lowest BCUT2D eigenvalue weighted by molar-refractivity contribution is -0.126. The molecule has 0 aromatic carbocycles. The third-order valence-electron chi connectivity index (χ3n) is 3.99. The molecule has 21 heavy (non-hydrogen) atoms. The van der Waals surface area contributed by atoms with Gasteiger partial charge in [-0.1, -0.05) is 18.7 Å². The van der Waals surface area contributed by atoms with Crippen LogP contribution in [-0.2, 0) is 4.79 Å². The molecule has 2 N–H and O–H groups in total. The maximum Gasteiger partial charge on any atom is 0.246 e. The minimum atomic E-state index is -0.684. The second-order valence-electron chi connectivity index (χ2n) is 5.72. The average molecular weight is 295 g/mol. The number of nitrogens with one attached hydrogen (secondary N) is 1. The van der Waals surface area contributed by atoms with Crippen molar-refractivity contribution < 1.29 is 14.4 Å². The van der Waals surface area contributed by atoms with Gasteiger partial charge < -0.3 is 9.63 Å². The van der Waals surface area contributed by atoms with Crippen LogP contribution in [0.25, 0.3) is 5.57 Å². The van der Waals surface area contributed by atoms with Crippen molar-refractivity contribution in [2.24, 2.45) is 0 Å². The summed E-state index contributed by atoms with van der Waals surface area (Å²) in [5.41, 5.74) is 0.187. The molecule has 0 aliphatic heterocycles. The number of aliphatic hydroxyl groups excluding tert-OH is 1. The number of nitrogens with zero attached hydrogens (tertiary/aromatic N) is 2. The van der Waals surface area contributed by atoms with Crippen molar-refractivity contribution >= 4 is 17.4 Å². The van der Waals surface area contributed by atoms with Crippen molar-refractivity contribution in [1.82, 2.24) is 10.1 Å². The number of amides is 1. The summed E-state index contributed by atoms with van der Waals surface area (Å²) in [6.07, 6.45) is 0.954. The number of rotatable bonds is 7. The predicted octanol–water partition coefficient (Wildman–Crippen LogP) is 2.13. The van der Waals surface area contributed by atoms with Gasteiger partial charge in [-0.05, 0) is 39.8 Å². The Morgan fingerprint density at radius 2 is 2.24 bits per heavy atom. The first kappa shape index (κ1) is 17.4. The van der Waals surface area contributed by atoms with Crippen LogP contribution in [-0.4, -0.2) is 46.3 Å². The maximum atomic E-state index is 12.4. The van der Waals surface area contributed by atoms with Gasteiger partial charge in [0.2, 0.25) is 11.8 Å². The zero-order valence-corrected chi connectivity index (χ0v) is 13.4. The van der Waals surface area contributed by atoms with Crippen molar-refractivity contribution in [3.05, 3.63) is 18.3 Å². The topological polar surface area (TPSA) is 78.6 Å². The van der Waals surface area contributed by atoms with E-state index in [1.54, 1.807) is 6.07 Å². The van der Waals surface area contributed by atoms with Gasteiger partial charge in [-0.3, -0.25) is 15.0 Å². The number of likely N-dealkylation sites (N-methyl/N-ethyl adjacent to an activating group) is 1. The van der Waals surface area contributed by atoms with Gasteiger partial charge in [0.05, 0.1) is 12.1 Å². The Kier molecular flexibility index (Phi) is 5.69. The Balaban J connectivity index is 2.80. The van der Waals surface area contributed by atoms with Crippen molar-refractivity contribution in [2.45, 2.75) is 45.7 Å². The molecule has 1 aromatic rings. The molecule has 0 fully saturated rings. The lowest BCUT2D eigenvalue weighted by Crippen LogP contribution is -2.53. The largest absolute Gasteiger partial charge is 0.392 e.